The van der Waals surface area contributed by atoms with Gasteiger partial charge >= 0.3 is 6.09 Å². The third kappa shape index (κ3) is 8.57. The number of cyclic esters (lactones) is 1. The standard InChI is InChI=1S/C31H36BrNO10/c1-39-28(29(36)33-23(19-42-30(33)37)15-21-9-4-2-5-10-21)27-25(35)16-26(32)31(38,43-27)13-8-14-40-20-24(17-34)41-18-22-11-6-3-7-12-22/h2-7,9-12,16,23-24,27-28,34,38H,8,13-15,17-20H2,1H3/t23-,24+,27+,28-,31+/m0/s1. The van der Waals surface area contributed by atoms with Crippen molar-refractivity contribution >= 4 is 33.7 Å². The van der Waals surface area contributed by atoms with E-state index >= 15 is 0 Å². The number of nitrogens with zero attached hydrogens (tertiary/aromatic N) is 1. The summed E-state index contributed by atoms with van der Waals surface area (Å²) < 4.78 is 27.8. The molecule has 0 saturated carbocycles. The zero-order valence-corrected chi connectivity index (χ0v) is 25.4. The van der Waals surface area contributed by atoms with Gasteiger partial charge in [0, 0.05) is 20.1 Å². The largest absolute Gasteiger partial charge is 0.447 e. The molecule has 0 aromatic heterocycles. The lowest BCUT2D eigenvalue weighted by Crippen LogP contribution is -2.56. The number of amides is 2. The Morgan fingerprint density at radius 2 is 1.79 bits per heavy atom. The number of carbonyl (C=O) groups excluding carboxylic acids is 3. The smallest absolute Gasteiger partial charge is 0.417 e. The Labute approximate surface area is 258 Å². The Morgan fingerprint density at radius 3 is 2.44 bits per heavy atom. The molecule has 0 aliphatic carbocycles. The van der Waals surface area contributed by atoms with Crippen LogP contribution >= 0.6 is 15.9 Å². The van der Waals surface area contributed by atoms with Crippen molar-refractivity contribution in [3.8, 4) is 0 Å². The second kappa shape index (κ2) is 15.7. The van der Waals surface area contributed by atoms with E-state index in [2.05, 4.69) is 15.9 Å². The van der Waals surface area contributed by atoms with E-state index in [4.69, 9.17) is 23.7 Å². The topological polar surface area (TPSA) is 141 Å². The number of benzene rings is 2. The fraction of sp³-hybridized carbons (Fsp3) is 0.452. The lowest BCUT2D eigenvalue weighted by atomic mass is 9.99. The molecule has 12 heteroatoms. The highest BCUT2D eigenvalue weighted by Crippen LogP contribution is 2.36. The maximum absolute atomic E-state index is 13.6. The monoisotopic (exact) mass is 661 g/mol. The van der Waals surface area contributed by atoms with Gasteiger partial charge in [0.1, 0.15) is 12.7 Å². The van der Waals surface area contributed by atoms with Crippen LogP contribution in [0.2, 0.25) is 0 Å². The molecule has 43 heavy (non-hydrogen) atoms. The highest BCUT2D eigenvalue weighted by molar-refractivity contribution is 9.11. The van der Waals surface area contributed by atoms with Crippen molar-refractivity contribution in [1.82, 2.24) is 4.90 Å². The Morgan fingerprint density at radius 1 is 1.12 bits per heavy atom. The number of ether oxygens (including phenoxy) is 5. The van der Waals surface area contributed by atoms with Crippen LogP contribution in [0.1, 0.15) is 24.0 Å². The van der Waals surface area contributed by atoms with Gasteiger partial charge in [-0.1, -0.05) is 60.7 Å². The average molecular weight is 663 g/mol. The molecule has 2 aliphatic heterocycles. The average Bonchev–Trinajstić information content (AvgIpc) is 3.37. The molecule has 0 radical (unpaired) electrons. The predicted molar refractivity (Wildman–Crippen MR) is 157 cm³/mol. The van der Waals surface area contributed by atoms with Crippen LogP contribution in [0.15, 0.2) is 71.2 Å². The molecule has 2 heterocycles. The predicted octanol–water partition coefficient (Wildman–Crippen LogP) is 2.90. The lowest BCUT2D eigenvalue weighted by molar-refractivity contribution is -0.227. The van der Waals surface area contributed by atoms with Crippen LogP contribution in [0.3, 0.4) is 0 Å². The Balaban J connectivity index is 1.32. The molecule has 0 bridgehead atoms. The van der Waals surface area contributed by atoms with Gasteiger partial charge in [0.15, 0.2) is 23.8 Å². The van der Waals surface area contributed by atoms with Crippen LogP contribution in [0.5, 0.6) is 0 Å². The third-order valence-electron chi connectivity index (χ3n) is 7.17. The number of hydrogen-bond donors (Lipinski definition) is 2. The summed E-state index contributed by atoms with van der Waals surface area (Å²) >= 11 is 3.22. The van der Waals surface area contributed by atoms with Crippen LogP contribution in [-0.4, -0.2) is 96.6 Å². The number of ketones is 1. The zero-order valence-electron chi connectivity index (χ0n) is 23.8. The molecule has 2 aromatic rings. The second-order valence-electron chi connectivity index (χ2n) is 10.3. The quantitative estimate of drug-likeness (QED) is 0.274. The highest BCUT2D eigenvalue weighted by atomic mass is 79.9. The minimum absolute atomic E-state index is 0.000799. The highest BCUT2D eigenvalue weighted by Gasteiger charge is 2.50. The summed E-state index contributed by atoms with van der Waals surface area (Å²) in [5.41, 5.74) is 1.87. The molecular formula is C31H36BrNO10. The summed E-state index contributed by atoms with van der Waals surface area (Å²) in [6, 6.07) is 18.3. The van der Waals surface area contributed by atoms with Crippen molar-refractivity contribution in [1.29, 1.82) is 0 Å². The number of aliphatic hydroxyl groups is 2. The fourth-order valence-corrected chi connectivity index (χ4v) is 5.38. The van der Waals surface area contributed by atoms with Crippen molar-refractivity contribution in [2.24, 2.45) is 0 Å². The molecule has 2 aromatic carbocycles. The molecule has 11 nitrogen and oxygen atoms in total. The van der Waals surface area contributed by atoms with E-state index in [0.29, 0.717) is 19.4 Å². The van der Waals surface area contributed by atoms with Gasteiger partial charge in [0.2, 0.25) is 0 Å². The van der Waals surface area contributed by atoms with Crippen molar-refractivity contribution in [2.45, 2.75) is 56.0 Å². The minimum Gasteiger partial charge on any atom is -0.447 e. The van der Waals surface area contributed by atoms with E-state index in [1.807, 2.05) is 60.7 Å². The van der Waals surface area contributed by atoms with Gasteiger partial charge in [-0.25, -0.2) is 9.69 Å². The fourth-order valence-electron chi connectivity index (χ4n) is 4.86. The maximum Gasteiger partial charge on any atom is 0.417 e. The molecule has 2 N–H and O–H groups in total. The van der Waals surface area contributed by atoms with E-state index in [9.17, 15) is 24.6 Å². The van der Waals surface area contributed by atoms with Crippen molar-refractivity contribution in [2.75, 3.05) is 33.5 Å². The van der Waals surface area contributed by atoms with Crippen molar-refractivity contribution in [3.05, 3.63) is 82.3 Å². The van der Waals surface area contributed by atoms with Crippen LogP contribution in [0.4, 0.5) is 4.79 Å². The molecule has 5 atom stereocenters. The normalized spacial score (nSPS) is 23.5. The Bertz CT molecular complexity index is 1260. The van der Waals surface area contributed by atoms with Gasteiger partial charge in [0.05, 0.1) is 30.3 Å². The van der Waals surface area contributed by atoms with Crippen LogP contribution in [0.25, 0.3) is 0 Å². The van der Waals surface area contributed by atoms with E-state index in [1.165, 1.54) is 7.11 Å². The number of hydrogen-bond acceptors (Lipinski definition) is 10. The van der Waals surface area contributed by atoms with Crippen LogP contribution in [0, 0.1) is 0 Å². The molecule has 1 fully saturated rings. The van der Waals surface area contributed by atoms with E-state index < -0.39 is 47.9 Å². The number of imide groups is 1. The molecule has 1 saturated heterocycles. The van der Waals surface area contributed by atoms with E-state index in [0.717, 1.165) is 22.1 Å². The molecular weight excluding hydrogens is 626 g/mol. The van der Waals surface area contributed by atoms with Crippen LogP contribution < -0.4 is 0 Å². The first-order chi connectivity index (χ1) is 20.8. The molecule has 4 rings (SSSR count). The first kappa shape index (κ1) is 32.9. The van der Waals surface area contributed by atoms with Gasteiger partial charge in [-0.15, -0.1) is 0 Å². The summed E-state index contributed by atoms with van der Waals surface area (Å²) in [6.45, 7) is 0.443. The summed E-state index contributed by atoms with van der Waals surface area (Å²) in [4.78, 5) is 40.0. The number of methoxy groups -OCH3 is 1. The second-order valence-corrected chi connectivity index (χ2v) is 11.1. The third-order valence-corrected chi connectivity index (χ3v) is 8.02. The number of halogens is 1. The first-order valence-electron chi connectivity index (χ1n) is 14.0. The van der Waals surface area contributed by atoms with Gasteiger partial charge in [0.25, 0.3) is 5.91 Å². The SMILES string of the molecule is CO[C@H](C(=O)N1C(=O)OC[C@@H]1Cc1ccccc1)[C@@H]1O[C@](O)(CCCOC[C@@H](CO)OCc2ccccc2)C(Br)=CC1=O. The van der Waals surface area contributed by atoms with Crippen molar-refractivity contribution in [3.63, 3.8) is 0 Å². The van der Waals surface area contributed by atoms with E-state index in [1.54, 1.807) is 0 Å². The van der Waals surface area contributed by atoms with Gasteiger partial charge in [-0.3, -0.25) is 9.59 Å². The first-order valence-corrected chi connectivity index (χ1v) is 14.8. The number of rotatable bonds is 15. The summed E-state index contributed by atoms with van der Waals surface area (Å²) in [5, 5.41) is 20.9. The van der Waals surface area contributed by atoms with Gasteiger partial charge in [-0.05, 0) is 46.0 Å². The van der Waals surface area contributed by atoms with E-state index in [-0.39, 0.29) is 37.3 Å². The zero-order chi connectivity index (χ0) is 30.8. The summed E-state index contributed by atoms with van der Waals surface area (Å²) in [5.74, 6) is -3.36. The maximum atomic E-state index is 13.6. The van der Waals surface area contributed by atoms with Gasteiger partial charge < -0.3 is 33.9 Å². The number of aliphatic hydroxyl groups excluding tert-OH is 1. The number of carbonyl (C=O) groups is 3. The Kier molecular flexibility index (Phi) is 12.0. The van der Waals surface area contributed by atoms with Crippen LogP contribution in [-0.2, 0) is 46.3 Å². The lowest BCUT2D eigenvalue weighted by Gasteiger charge is -2.38. The summed E-state index contributed by atoms with van der Waals surface area (Å²) in [7, 11) is 1.23. The molecule has 2 aliphatic rings. The Hall–Kier alpha value is -2.97. The molecule has 0 spiro atoms. The minimum atomic E-state index is -1.95. The van der Waals surface area contributed by atoms with Gasteiger partial charge in [-0.2, -0.15) is 0 Å². The molecule has 232 valence electrons. The molecule has 0 unspecified atom stereocenters. The summed E-state index contributed by atoms with van der Waals surface area (Å²) in [6.07, 6.45) is -2.57. The van der Waals surface area contributed by atoms with Crippen molar-refractivity contribution < 1.29 is 48.3 Å². The molecule has 2 amide bonds.